The first kappa shape index (κ1) is 22.5. The van der Waals surface area contributed by atoms with Gasteiger partial charge in [0.05, 0.1) is 56.1 Å². The van der Waals surface area contributed by atoms with E-state index < -0.39 is 10.8 Å². The van der Waals surface area contributed by atoms with Gasteiger partial charge in [-0.1, -0.05) is 0 Å². The maximum absolute atomic E-state index is 12.7. The third-order valence-corrected chi connectivity index (χ3v) is 5.00. The molecule has 0 saturated heterocycles. The minimum absolute atomic E-state index is 0.139. The van der Waals surface area contributed by atoms with Crippen molar-refractivity contribution < 1.29 is 23.6 Å². The summed E-state index contributed by atoms with van der Waals surface area (Å²) in [4.78, 5) is 32.0. The zero-order valence-electron chi connectivity index (χ0n) is 18.3. The highest BCUT2D eigenvalue weighted by Crippen LogP contribution is 2.34. The Hall–Kier alpha value is -4.68. The van der Waals surface area contributed by atoms with Gasteiger partial charge in [-0.25, -0.2) is 14.6 Å². The number of aromatic nitrogens is 4. The van der Waals surface area contributed by atoms with Gasteiger partial charge in [0.2, 0.25) is 0 Å². The molecule has 3 aromatic heterocycles. The topological polar surface area (TPSA) is 159 Å². The van der Waals surface area contributed by atoms with Crippen molar-refractivity contribution >= 4 is 28.4 Å². The number of furan rings is 1. The van der Waals surface area contributed by atoms with Gasteiger partial charge < -0.3 is 24.5 Å². The van der Waals surface area contributed by atoms with E-state index in [1.54, 1.807) is 23.2 Å². The molecule has 13 nitrogen and oxygen atoms in total. The zero-order chi connectivity index (χ0) is 24.1. The number of hydrogen-bond donors (Lipinski definition) is 2. The van der Waals surface area contributed by atoms with Gasteiger partial charge in [0, 0.05) is 12.6 Å². The van der Waals surface area contributed by atoms with Gasteiger partial charge in [0.25, 0.3) is 11.6 Å². The van der Waals surface area contributed by atoms with E-state index in [0.717, 1.165) is 11.8 Å². The zero-order valence-corrected chi connectivity index (χ0v) is 18.3. The molecule has 1 amide bonds. The number of hydrogen-bond acceptors (Lipinski definition) is 10. The molecule has 4 rings (SSSR count). The molecule has 0 aliphatic rings. The van der Waals surface area contributed by atoms with Gasteiger partial charge in [0.1, 0.15) is 23.5 Å². The first-order valence-corrected chi connectivity index (χ1v) is 10.1. The summed E-state index contributed by atoms with van der Waals surface area (Å²) in [6.07, 6.45) is 4.63. The molecule has 176 valence electrons. The van der Waals surface area contributed by atoms with E-state index in [1.165, 1.54) is 26.6 Å². The average molecular weight is 467 g/mol. The Morgan fingerprint density at radius 2 is 2.03 bits per heavy atom. The van der Waals surface area contributed by atoms with Crippen molar-refractivity contribution in [1.82, 2.24) is 25.1 Å². The third-order valence-electron chi connectivity index (χ3n) is 5.00. The highest BCUT2D eigenvalue weighted by atomic mass is 16.6. The molecule has 0 aliphatic heterocycles. The number of benzene rings is 1. The van der Waals surface area contributed by atoms with Crippen LogP contribution in [0.4, 0.5) is 11.5 Å². The summed E-state index contributed by atoms with van der Waals surface area (Å²) in [5.74, 6) is 1.09. The number of anilines is 1. The van der Waals surface area contributed by atoms with Crippen LogP contribution in [0, 0.1) is 10.1 Å². The summed E-state index contributed by atoms with van der Waals surface area (Å²) in [6, 6.07) is 6.08. The van der Waals surface area contributed by atoms with Gasteiger partial charge in [-0.2, -0.15) is 5.10 Å². The van der Waals surface area contributed by atoms with Gasteiger partial charge in [-0.3, -0.25) is 14.9 Å². The Balaban J connectivity index is 1.45. The number of nitrogens with one attached hydrogen (secondary N) is 2. The first-order chi connectivity index (χ1) is 16.5. The highest BCUT2D eigenvalue weighted by molar-refractivity contribution is 5.99. The van der Waals surface area contributed by atoms with Crippen molar-refractivity contribution in [3.05, 3.63) is 64.5 Å². The van der Waals surface area contributed by atoms with Crippen LogP contribution in [-0.4, -0.2) is 51.3 Å². The highest BCUT2D eigenvalue weighted by Gasteiger charge is 2.24. The van der Waals surface area contributed by atoms with Crippen LogP contribution in [0.5, 0.6) is 11.5 Å². The van der Waals surface area contributed by atoms with Crippen molar-refractivity contribution in [2.45, 2.75) is 13.1 Å². The second-order valence-corrected chi connectivity index (χ2v) is 7.00. The number of nitrogens with zero attached hydrogens (tertiary/aromatic N) is 5. The Kier molecular flexibility index (Phi) is 6.52. The van der Waals surface area contributed by atoms with Crippen LogP contribution in [0.2, 0.25) is 0 Å². The molecule has 13 heteroatoms. The van der Waals surface area contributed by atoms with Crippen LogP contribution in [0.3, 0.4) is 0 Å². The van der Waals surface area contributed by atoms with Crippen molar-refractivity contribution in [3.63, 3.8) is 0 Å². The lowest BCUT2D eigenvalue weighted by Crippen LogP contribution is -2.28. The Morgan fingerprint density at radius 3 is 2.74 bits per heavy atom. The number of carbonyl (C=O) groups excluding carboxylic acids is 1. The third kappa shape index (κ3) is 4.57. The molecule has 0 aliphatic carbocycles. The number of amides is 1. The standard InChI is InChI=1S/C21H21N7O6/c1-32-17-8-14(16(28(30)31)9-18(17)33-2)21(29)22-5-6-27-20-15(11-26-27)19(24-12-25-20)23-10-13-4-3-7-34-13/h3-4,7-9,11-12H,5-6,10H2,1-2H3,(H,22,29)(H,23,24,25). The fourth-order valence-corrected chi connectivity index (χ4v) is 3.35. The van der Waals surface area contributed by atoms with Crippen molar-refractivity contribution in [2.75, 3.05) is 26.1 Å². The van der Waals surface area contributed by atoms with Gasteiger partial charge in [0.15, 0.2) is 17.1 Å². The molecule has 0 fully saturated rings. The summed E-state index contributed by atoms with van der Waals surface area (Å²) in [5, 5.41) is 22.3. The quantitative estimate of drug-likeness (QED) is 0.262. The van der Waals surface area contributed by atoms with Crippen LogP contribution >= 0.6 is 0 Å². The number of rotatable bonds is 10. The fraction of sp³-hybridized carbons (Fsp3) is 0.238. The van der Waals surface area contributed by atoms with Crippen molar-refractivity contribution in [2.24, 2.45) is 0 Å². The molecule has 0 bridgehead atoms. The minimum Gasteiger partial charge on any atom is -0.493 e. The van der Waals surface area contributed by atoms with Gasteiger partial charge in [-0.15, -0.1) is 0 Å². The van der Waals surface area contributed by atoms with E-state index >= 15 is 0 Å². The van der Waals surface area contributed by atoms with Gasteiger partial charge in [-0.05, 0) is 12.1 Å². The maximum Gasteiger partial charge on any atom is 0.286 e. The lowest BCUT2D eigenvalue weighted by atomic mass is 10.1. The van der Waals surface area contributed by atoms with Crippen LogP contribution in [0.25, 0.3) is 11.0 Å². The number of methoxy groups -OCH3 is 2. The van der Waals surface area contributed by atoms with Gasteiger partial charge >= 0.3 is 0 Å². The number of fused-ring (bicyclic) bond motifs is 1. The van der Waals surface area contributed by atoms with Crippen LogP contribution in [-0.2, 0) is 13.1 Å². The molecule has 1 aromatic carbocycles. The Bertz CT molecular complexity index is 1320. The molecule has 0 saturated carbocycles. The summed E-state index contributed by atoms with van der Waals surface area (Å²) in [7, 11) is 2.74. The summed E-state index contributed by atoms with van der Waals surface area (Å²) in [5.41, 5.74) is 0.0442. The monoisotopic (exact) mass is 467 g/mol. The fourth-order valence-electron chi connectivity index (χ4n) is 3.35. The largest absolute Gasteiger partial charge is 0.493 e. The lowest BCUT2D eigenvalue weighted by Gasteiger charge is -2.11. The molecule has 0 radical (unpaired) electrons. The summed E-state index contributed by atoms with van der Waals surface area (Å²) >= 11 is 0. The number of nitro benzene ring substituents is 1. The first-order valence-electron chi connectivity index (χ1n) is 10.1. The summed E-state index contributed by atoms with van der Waals surface area (Å²) in [6.45, 7) is 0.885. The lowest BCUT2D eigenvalue weighted by molar-refractivity contribution is -0.385. The van der Waals surface area contributed by atoms with Crippen LogP contribution < -0.4 is 20.1 Å². The molecular weight excluding hydrogens is 446 g/mol. The summed E-state index contributed by atoms with van der Waals surface area (Å²) < 4.78 is 17.2. The van der Waals surface area contributed by atoms with E-state index in [-0.39, 0.29) is 35.8 Å². The van der Waals surface area contributed by atoms with Crippen LogP contribution in [0.15, 0.2) is 47.5 Å². The number of carbonyl (C=O) groups is 1. The average Bonchev–Trinajstić information content (AvgIpc) is 3.52. The molecule has 4 aromatic rings. The second-order valence-electron chi connectivity index (χ2n) is 7.00. The van der Waals surface area contributed by atoms with E-state index in [0.29, 0.717) is 23.4 Å². The Labute approximate surface area is 192 Å². The normalized spacial score (nSPS) is 10.8. The molecule has 0 unspecified atom stereocenters. The SMILES string of the molecule is COc1cc(C(=O)NCCn2ncc3c(NCc4ccco4)ncnc32)c([N+](=O)[O-])cc1OC. The maximum atomic E-state index is 12.7. The van der Waals surface area contributed by atoms with E-state index in [2.05, 4.69) is 25.7 Å². The number of ether oxygens (including phenoxy) is 2. The second kappa shape index (κ2) is 9.85. The molecule has 0 atom stereocenters. The van der Waals surface area contributed by atoms with Crippen LogP contribution in [0.1, 0.15) is 16.1 Å². The Morgan fingerprint density at radius 1 is 1.24 bits per heavy atom. The van der Waals surface area contributed by atoms with E-state index in [4.69, 9.17) is 13.9 Å². The molecule has 2 N–H and O–H groups in total. The van der Waals surface area contributed by atoms with Crippen molar-refractivity contribution in [3.8, 4) is 11.5 Å². The predicted octanol–water partition coefficient (Wildman–Crippen LogP) is 2.39. The van der Waals surface area contributed by atoms with E-state index in [9.17, 15) is 14.9 Å². The molecular formula is C21H21N7O6. The molecule has 3 heterocycles. The smallest absolute Gasteiger partial charge is 0.286 e. The molecule has 0 spiro atoms. The minimum atomic E-state index is -0.647. The molecule has 34 heavy (non-hydrogen) atoms. The van der Waals surface area contributed by atoms with E-state index in [1.807, 2.05) is 6.07 Å². The van der Waals surface area contributed by atoms with Crippen molar-refractivity contribution in [1.29, 1.82) is 0 Å². The predicted molar refractivity (Wildman–Crippen MR) is 120 cm³/mol. The number of nitro groups is 1.